The van der Waals surface area contributed by atoms with Gasteiger partial charge in [0.2, 0.25) is 5.91 Å². The topological polar surface area (TPSA) is 71.3 Å². The van der Waals surface area contributed by atoms with Gasteiger partial charge < -0.3 is 15.1 Å². The average Bonchev–Trinajstić information content (AvgIpc) is 3.02. The van der Waals surface area contributed by atoms with Crippen molar-refractivity contribution < 1.29 is 14.0 Å². The lowest BCUT2D eigenvalue weighted by Gasteiger charge is -2.45. The van der Waals surface area contributed by atoms with Crippen molar-refractivity contribution >= 4 is 23.6 Å². The van der Waals surface area contributed by atoms with Gasteiger partial charge in [0.25, 0.3) is 5.91 Å². The predicted molar refractivity (Wildman–Crippen MR) is 106 cm³/mol. The molecule has 5 nitrogen and oxygen atoms in total. The van der Waals surface area contributed by atoms with Crippen LogP contribution < -0.4 is 10.6 Å². The highest BCUT2D eigenvalue weighted by atomic mass is 32.2. The molecule has 0 aromatic carbocycles. The quantitative estimate of drug-likeness (QED) is 0.754. The van der Waals surface area contributed by atoms with Crippen LogP contribution in [0, 0.1) is 10.8 Å². The van der Waals surface area contributed by atoms with Gasteiger partial charge in [0, 0.05) is 6.04 Å². The maximum atomic E-state index is 12.9. The molecule has 0 aliphatic heterocycles. The Morgan fingerprint density at radius 1 is 1.27 bits per heavy atom. The molecule has 0 spiro atoms. The van der Waals surface area contributed by atoms with Crippen LogP contribution in [-0.2, 0) is 4.79 Å². The Labute approximate surface area is 161 Å². The van der Waals surface area contributed by atoms with Crippen molar-refractivity contribution in [3.63, 3.8) is 0 Å². The standard InChI is InChI=1S/C20H32N2O3S/c1-19(2)11-14(12-20(3,4)13-19)21-17(23)15(8-10-26-5)22-18(24)16-7-6-9-25-16/h6-7,9,14-15H,8,10-13H2,1-5H3,(H,21,23)(H,22,24)/t15-/m0/s1. The van der Waals surface area contributed by atoms with Gasteiger partial charge in [0.1, 0.15) is 6.04 Å². The van der Waals surface area contributed by atoms with Crippen molar-refractivity contribution in [2.45, 2.75) is 65.5 Å². The first-order valence-corrected chi connectivity index (χ1v) is 10.6. The van der Waals surface area contributed by atoms with Gasteiger partial charge >= 0.3 is 0 Å². The van der Waals surface area contributed by atoms with E-state index in [1.54, 1.807) is 23.9 Å². The first-order chi connectivity index (χ1) is 12.1. The summed E-state index contributed by atoms with van der Waals surface area (Å²) in [5.41, 5.74) is 0.401. The molecule has 1 fully saturated rings. The second-order valence-electron chi connectivity index (χ2n) is 8.90. The van der Waals surface area contributed by atoms with Crippen LogP contribution in [0.15, 0.2) is 22.8 Å². The van der Waals surface area contributed by atoms with Crippen LogP contribution in [0.3, 0.4) is 0 Å². The van der Waals surface area contributed by atoms with Gasteiger partial charge in [-0.1, -0.05) is 27.7 Å². The van der Waals surface area contributed by atoms with E-state index in [1.165, 1.54) is 6.26 Å². The molecular weight excluding hydrogens is 348 g/mol. The summed E-state index contributed by atoms with van der Waals surface area (Å²) >= 11 is 1.66. The van der Waals surface area contributed by atoms with Crippen LogP contribution in [0.2, 0.25) is 0 Å². The maximum absolute atomic E-state index is 12.9. The van der Waals surface area contributed by atoms with Crippen LogP contribution in [-0.4, -0.2) is 35.9 Å². The van der Waals surface area contributed by atoms with E-state index in [4.69, 9.17) is 4.42 Å². The minimum absolute atomic E-state index is 0.0996. The molecule has 2 amide bonds. The highest BCUT2D eigenvalue weighted by Crippen LogP contribution is 2.45. The largest absolute Gasteiger partial charge is 0.459 e. The van der Waals surface area contributed by atoms with Crippen molar-refractivity contribution in [2.75, 3.05) is 12.0 Å². The number of hydrogen-bond donors (Lipinski definition) is 2. The summed E-state index contributed by atoms with van der Waals surface area (Å²) in [6.07, 6.45) is 7.12. The highest BCUT2D eigenvalue weighted by molar-refractivity contribution is 7.98. The molecule has 1 aromatic rings. The van der Waals surface area contributed by atoms with Gasteiger partial charge in [-0.25, -0.2) is 0 Å². The Kier molecular flexibility index (Phi) is 6.83. The fourth-order valence-electron chi connectivity index (χ4n) is 4.39. The van der Waals surface area contributed by atoms with E-state index in [1.807, 2.05) is 6.26 Å². The van der Waals surface area contributed by atoms with Gasteiger partial charge in [0.05, 0.1) is 6.26 Å². The SMILES string of the molecule is CSCC[C@H](NC(=O)c1ccco1)C(=O)NC1CC(C)(C)CC(C)(C)C1. The molecule has 1 heterocycles. The van der Waals surface area contributed by atoms with E-state index in [9.17, 15) is 9.59 Å². The summed E-state index contributed by atoms with van der Waals surface area (Å²) in [4.78, 5) is 25.2. The molecule has 2 rings (SSSR count). The lowest BCUT2D eigenvalue weighted by atomic mass is 9.63. The van der Waals surface area contributed by atoms with E-state index in [-0.39, 0.29) is 34.4 Å². The van der Waals surface area contributed by atoms with Crippen molar-refractivity contribution in [1.82, 2.24) is 10.6 Å². The van der Waals surface area contributed by atoms with Crippen LogP contribution in [0.1, 0.15) is 63.9 Å². The van der Waals surface area contributed by atoms with E-state index in [2.05, 4.69) is 38.3 Å². The molecular formula is C20H32N2O3S. The van der Waals surface area contributed by atoms with Gasteiger partial charge in [0.15, 0.2) is 5.76 Å². The van der Waals surface area contributed by atoms with E-state index in [0.29, 0.717) is 6.42 Å². The van der Waals surface area contributed by atoms with Crippen molar-refractivity contribution in [2.24, 2.45) is 10.8 Å². The zero-order chi connectivity index (χ0) is 19.4. The Bertz CT molecular complexity index is 595. The summed E-state index contributed by atoms with van der Waals surface area (Å²) in [5.74, 6) is 0.586. The molecule has 0 saturated heterocycles. The summed E-state index contributed by atoms with van der Waals surface area (Å²) in [5, 5.41) is 6.02. The van der Waals surface area contributed by atoms with E-state index in [0.717, 1.165) is 25.0 Å². The maximum Gasteiger partial charge on any atom is 0.287 e. The fraction of sp³-hybridized carbons (Fsp3) is 0.700. The highest BCUT2D eigenvalue weighted by Gasteiger charge is 2.39. The molecule has 146 valence electrons. The van der Waals surface area contributed by atoms with Crippen molar-refractivity contribution in [3.05, 3.63) is 24.2 Å². The van der Waals surface area contributed by atoms with Gasteiger partial charge in [-0.15, -0.1) is 0 Å². The second-order valence-corrected chi connectivity index (χ2v) is 9.89. The zero-order valence-electron chi connectivity index (χ0n) is 16.6. The Hall–Kier alpha value is -1.43. The third-order valence-electron chi connectivity index (χ3n) is 4.88. The molecule has 0 unspecified atom stereocenters. The smallest absolute Gasteiger partial charge is 0.287 e. The van der Waals surface area contributed by atoms with Gasteiger partial charge in [-0.3, -0.25) is 9.59 Å². The molecule has 1 aliphatic rings. The number of hydrogen-bond acceptors (Lipinski definition) is 4. The third-order valence-corrected chi connectivity index (χ3v) is 5.52. The number of carbonyl (C=O) groups excluding carboxylic acids is 2. The molecule has 1 aliphatic carbocycles. The van der Waals surface area contributed by atoms with Crippen LogP contribution in [0.4, 0.5) is 0 Å². The fourth-order valence-corrected chi connectivity index (χ4v) is 4.86. The molecule has 6 heteroatoms. The first kappa shape index (κ1) is 20.9. The summed E-state index contributed by atoms with van der Waals surface area (Å²) in [7, 11) is 0. The van der Waals surface area contributed by atoms with E-state index < -0.39 is 6.04 Å². The normalized spacial score (nSPS) is 20.3. The lowest BCUT2D eigenvalue weighted by molar-refractivity contribution is -0.124. The molecule has 1 saturated carbocycles. The summed E-state index contributed by atoms with van der Waals surface area (Å²) < 4.78 is 5.14. The van der Waals surface area contributed by atoms with Gasteiger partial charge in [-0.2, -0.15) is 11.8 Å². The van der Waals surface area contributed by atoms with Crippen LogP contribution in [0.25, 0.3) is 0 Å². The first-order valence-electron chi connectivity index (χ1n) is 9.26. The molecule has 0 bridgehead atoms. The molecule has 0 radical (unpaired) electrons. The number of carbonyl (C=O) groups is 2. The van der Waals surface area contributed by atoms with Crippen LogP contribution in [0.5, 0.6) is 0 Å². The average molecular weight is 381 g/mol. The summed E-state index contributed by atoms with van der Waals surface area (Å²) in [6.45, 7) is 9.04. The number of nitrogens with one attached hydrogen (secondary N) is 2. The van der Waals surface area contributed by atoms with Crippen LogP contribution >= 0.6 is 11.8 Å². The zero-order valence-corrected chi connectivity index (χ0v) is 17.4. The predicted octanol–water partition coefficient (Wildman–Crippen LogP) is 3.85. The Morgan fingerprint density at radius 3 is 2.46 bits per heavy atom. The number of amides is 2. The van der Waals surface area contributed by atoms with Crippen molar-refractivity contribution in [3.8, 4) is 0 Å². The van der Waals surface area contributed by atoms with Gasteiger partial charge in [-0.05, 0) is 60.7 Å². The third kappa shape index (κ3) is 6.08. The monoisotopic (exact) mass is 380 g/mol. The van der Waals surface area contributed by atoms with E-state index >= 15 is 0 Å². The molecule has 26 heavy (non-hydrogen) atoms. The molecule has 2 N–H and O–H groups in total. The minimum Gasteiger partial charge on any atom is -0.459 e. The Balaban J connectivity index is 2.02. The minimum atomic E-state index is -0.548. The number of furan rings is 1. The summed E-state index contributed by atoms with van der Waals surface area (Å²) in [6, 6.07) is 2.86. The number of rotatable bonds is 7. The Morgan fingerprint density at radius 2 is 1.92 bits per heavy atom. The second kappa shape index (κ2) is 8.51. The molecule has 1 aromatic heterocycles. The number of thioether (sulfide) groups is 1. The lowest BCUT2D eigenvalue weighted by Crippen LogP contribution is -2.53. The molecule has 1 atom stereocenters. The van der Waals surface area contributed by atoms with Crippen molar-refractivity contribution in [1.29, 1.82) is 0 Å².